The maximum atomic E-state index is 13.7. The number of ether oxygens (including phenoxy) is 2. The van der Waals surface area contributed by atoms with Crippen LogP contribution in [0.2, 0.25) is 0 Å². The molecular weight excluding hydrogens is 514 g/mol. The number of rotatable bonds is 8. The van der Waals surface area contributed by atoms with Crippen LogP contribution >= 0.6 is 11.8 Å². The number of aromatic nitrogens is 3. The Hall–Kier alpha value is -4.44. The lowest BCUT2D eigenvalue weighted by molar-refractivity contribution is -0.113. The van der Waals surface area contributed by atoms with Crippen molar-refractivity contribution in [1.29, 1.82) is 0 Å². The molecule has 3 N–H and O–H groups in total. The number of carbonyl (C=O) groups is 1. The van der Waals surface area contributed by atoms with Gasteiger partial charge in [-0.1, -0.05) is 47.7 Å². The molecule has 0 fully saturated rings. The van der Waals surface area contributed by atoms with Gasteiger partial charge in [0.25, 0.3) is 5.91 Å². The summed E-state index contributed by atoms with van der Waals surface area (Å²) in [5.41, 5.74) is 4.82. The third kappa shape index (κ3) is 5.56. The SMILES string of the molecule is COc1ccc(NC(=O)C2=C(C)Nc3nc(SCc4cccc(C)c4)nn3C2c2ccc(O)c(OC)c2)cc1. The van der Waals surface area contributed by atoms with Crippen LogP contribution < -0.4 is 20.1 Å². The van der Waals surface area contributed by atoms with Crippen molar-refractivity contribution in [2.24, 2.45) is 0 Å². The van der Waals surface area contributed by atoms with Crippen LogP contribution in [-0.4, -0.2) is 40.0 Å². The van der Waals surface area contributed by atoms with Crippen LogP contribution in [0.25, 0.3) is 0 Å². The third-order valence-corrected chi connectivity index (χ3v) is 7.30. The predicted molar refractivity (Wildman–Crippen MR) is 152 cm³/mol. The molecule has 1 aliphatic heterocycles. The molecule has 5 rings (SSSR count). The standard InChI is InChI=1S/C29H29N5O4S/c1-17-6-5-7-19(14-17)16-39-29-32-28-30-18(2)25(27(36)31-21-9-11-22(37-3)12-10-21)26(34(28)33-29)20-8-13-23(35)24(15-20)38-4/h5-15,26,35H,16H2,1-4H3,(H,31,36)(H,30,32,33). The van der Waals surface area contributed by atoms with Crippen molar-refractivity contribution >= 4 is 29.3 Å². The third-order valence-electron chi connectivity index (χ3n) is 6.40. The number of aryl methyl sites for hydroxylation is 1. The lowest BCUT2D eigenvalue weighted by atomic mass is 9.94. The zero-order valence-corrected chi connectivity index (χ0v) is 22.9. The lowest BCUT2D eigenvalue weighted by Gasteiger charge is -2.29. The highest BCUT2D eigenvalue weighted by molar-refractivity contribution is 7.98. The Kier molecular flexibility index (Phi) is 7.47. The Morgan fingerprint density at radius 3 is 2.59 bits per heavy atom. The summed E-state index contributed by atoms with van der Waals surface area (Å²) in [5, 5.41) is 21.8. The first-order valence-corrected chi connectivity index (χ1v) is 13.3. The molecule has 1 atom stereocenters. The van der Waals surface area contributed by atoms with Crippen molar-refractivity contribution in [3.05, 3.63) is 94.7 Å². The smallest absolute Gasteiger partial charge is 0.255 e. The molecule has 1 unspecified atom stereocenters. The molecule has 1 aromatic heterocycles. The lowest BCUT2D eigenvalue weighted by Crippen LogP contribution is -2.31. The van der Waals surface area contributed by atoms with Crippen LogP contribution in [0.1, 0.15) is 29.7 Å². The van der Waals surface area contributed by atoms with Crippen molar-refractivity contribution < 1.29 is 19.4 Å². The second-order valence-corrected chi connectivity index (χ2v) is 10.1. The van der Waals surface area contributed by atoms with E-state index < -0.39 is 6.04 Å². The number of fused-ring (bicyclic) bond motifs is 1. The summed E-state index contributed by atoms with van der Waals surface area (Å²) < 4.78 is 12.3. The zero-order valence-electron chi connectivity index (χ0n) is 22.1. The average molecular weight is 544 g/mol. The maximum Gasteiger partial charge on any atom is 0.255 e. The van der Waals surface area contributed by atoms with Crippen molar-refractivity contribution in [1.82, 2.24) is 14.8 Å². The van der Waals surface area contributed by atoms with Crippen molar-refractivity contribution in [3.63, 3.8) is 0 Å². The number of carbonyl (C=O) groups excluding carboxylic acids is 1. The van der Waals surface area contributed by atoms with E-state index in [0.29, 0.717) is 50.9 Å². The van der Waals surface area contributed by atoms with Gasteiger partial charge in [-0.25, -0.2) is 4.68 Å². The van der Waals surface area contributed by atoms with Crippen molar-refractivity contribution in [3.8, 4) is 17.2 Å². The van der Waals surface area contributed by atoms with E-state index in [0.717, 1.165) is 0 Å². The van der Waals surface area contributed by atoms with Crippen LogP contribution in [0.5, 0.6) is 17.2 Å². The Labute approximate surface area is 230 Å². The summed E-state index contributed by atoms with van der Waals surface area (Å²) >= 11 is 1.52. The number of thioether (sulfide) groups is 1. The Morgan fingerprint density at radius 2 is 1.87 bits per heavy atom. The molecule has 0 saturated heterocycles. The summed E-state index contributed by atoms with van der Waals surface area (Å²) in [7, 11) is 3.08. The maximum absolute atomic E-state index is 13.7. The van der Waals surface area contributed by atoms with Crippen LogP contribution in [0.3, 0.4) is 0 Å². The second-order valence-electron chi connectivity index (χ2n) is 9.12. The first-order valence-electron chi connectivity index (χ1n) is 12.3. The topological polar surface area (TPSA) is 111 Å². The number of nitrogens with one attached hydrogen (secondary N) is 2. The summed E-state index contributed by atoms with van der Waals surface area (Å²) in [6.07, 6.45) is 0. The van der Waals surface area contributed by atoms with Gasteiger partial charge in [-0.2, -0.15) is 4.98 Å². The Morgan fingerprint density at radius 1 is 1.08 bits per heavy atom. The fraction of sp³-hybridized carbons (Fsp3) is 0.207. The molecule has 0 saturated carbocycles. The molecule has 1 amide bonds. The largest absolute Gasteiger partial charge is 0.504 e. The van der Waals surface area contributed by atoms with Gasteiger partial charge in [0, 0.05) is 17.1 Å². The Bertz CT molecular complexity index is 1550. The number of nitrogens with zero attached hydrogens (tertiary/aromatic N) is 3. The van der Waals surface area contributed by atoms with Crippen LogP contribution in [0, 0.1) is 6.92 Å². The summed E-state index contributed by atoms with van der Waals surface area (Å²) in [6.45, 7) is 3.90. The van der Waals surface area contributed by atoms with E-state index in [4.69, 9.17) is 19.6 Å². The molecule has 2 heterocycles. The fourth-order valence-electron chi connectivity index (χ4n) is 4.48. The number of methoxy groups -OCH3 is 2. The number of hydrogen-bond donors (Lipinski definition) is 3. The van der Waals surface area contributed by atoms with E-state index in [-0.39, 0.29) is 11.7 Å². The van der Waals surface area contributed by atoms with Gasteiger partial charge in [0.1, 0.15) is 11.8 Å². The normalized spacial score (nSPS) is 14.4. The van der Waals surface area contributed by atoms with Gasteiger partial charge >= 0.3 is 0 Å². The zero-order chi connectivity index (χ0) is 27.5. The number of hydrogen-bond acceptors (Lipinski definition) is 8. The number of amides is 1. The number of phenols is 1. The molecule has 3 aromatic carbocycles. The molecule has 10 heteroatoms. The van der Waals surface area contributed by atoms with Crippen molar-refractivity contribution in [2.75, 3.05) is 24.9 Å². The van der Waals surface area contributed by atoms with E-state index in [2.05, 4.69) is 35.8 Å². The Balaban J connectivity index is 1.50. The molecule has 200 valence electrons. The molecule has 0 aliphatic carbocycles. The second kappa shape index (κ2) is 11.1. The number of allylic oxidation sites excluding steroid dienone is 1. The first-order chi connectivity index (χ1) is 18.9. The van der Waals surface area contributed by atoms with Gasteiger partial charge in [-0.05, 0) is 61.4 Å². The highest BCUT2D eigenvalue weighted by Crippen LogP contribution is 2.39. The van der Waals surface area contributed by atoms with E-state index >= 15 is 0 Å². The molecule has 4 aromatic rings. The van der Waals surface area contributed by atoms with Gasteiger partial charge in [0.05, 0.1) is 19.8 Å². The highest BCUT2D eigenvalue weighted by atomic mass is 32.2. The van der Waals surface area contributed by atoms with Gasteiger partial charge in [-0.3, -0.25) is 4.79 Å². The monoisotopic (exact) mass is 543 g/mol. The minimum Gasteiger partial charge on any atom is -0.504 e. The molecular formula is C29H29N5O4S. The number of anilines is 2. The van der Waals surface area contributed by atoms with E-state index in [9.17, 15) is 9.90 Å². The average Bonchev–Trinajstić information content (AvgIpc) is 3.34. The molecule has 0 radical (unpaired) electrons. The van der Waals surface area contributed by atoms with Crippen molar-refractivity contribution in [2.45, 2.75) is 30.8 Å². The summed E-state index contributed by atoms with van der Waals surface area (Å²) in [5.74, 6) is 1.94. The molecule has 9 nitrogen and oxygen atoms in total. The number of aromatic hydroxyl groups is 1. The minimum absolute atomic E-state index is 0.00772. The summed E-state index contributed by atoms with van der Waals surface area (Å²) in [4.78, 5) is 18.4. The summed E-state index contributed by atoms with van der Waals surface area (Å²) in [6, 6.07) is 19.8. The minimum atomic E-state index is -0.616. The van der Waals surface area contributed by atoms with Gasteiger partial charge in [-0.15, -0.1) is 5.10 Å². The molecule has 39 heavy (non-hydrogen) atoms. The molecule has 0 bridgehead atoms. The predicted octanol–water partition coefficient (Wildman–Crippen LogP) is 5.53. The van der Waals surface area contributed by atoms with Gasteiger partial charge in [0.2, 0.25) is 11.1 Å². The number of benzene rings is 3. The van der Waals surface area contributed by atoms with E-state index in [1.54, 1.807) is 54.3 Å². The molecule has 0 spiro atoms. The first kappa shape index (κ1) is 26.2. The quantitative estimate of drug-likeness (QED) is 0.249. The van der Waals surface area contributed by atoms with Crippen LogP contribution in [0.15, 0.2) is 83.2 Å². The van der Waals surface area contributed by atoms with Crippen LogP contribution in [-0.2, 0) is 10.5 Å². The number of phenolic OH excluding ortho intramolecular Hbond substituents is 1. The highest BCUT2D eigenvalue weighted by Gasteiger charge is 2.35. The van der Waals surface area contributed by atoms with Gasteiger partial charge < -0.3 is 25.2 Å². The molecule has 1 aliphatic rings. The van der Waals surface area contributed by atoms with Crippen LogP contribution in [0.4, 0.5) is 11.6 Å². The van der Waals surface area contributed by atoms with Gasteiger partial charge in [0.15, 0.2) is 11.5 Å². The fourth-order valence-corrected chi connectivity index (χ4v) is 5.25. The van der Waals surface area contributed by atoms with E-state index in [1.165, 1.54) is 30.0 Å². The van der Waals surface area contributed by atoms with E-state index in [1.807, 2.05) is 13.0 Å².